The number of imidazole rings is 1. The number of carbonyl (C=O) groups is 1. The number of fused-ring (bicyclic) bond motifs is 1. The summed E-state index contributed by atoms with van der Waals surface area (Å²) in [4.78, 5) is 20.1. The maximum atomic E-state index is 12.3. The fraction of sp³-hybridized carbons (Fsp3) is 0.0455. The molecular weight excluding hydrogens is 439 g/mol. The van der Waals surface area contributed by atoms with Crippen LogP contribution < -0.4 is 5.43 Å². The molecule has 1 aromatic heterocycles. The molecule has 4 aromatic rings. The van der Waals surface area contributed by atoms with E-state index in [0.717, 1.165) is 27.5 Å². The van der Waals surface area contributed by atoms with Gasteiger partial charge in [-0.25, -0.2) is 10.4 Å². The van der Waals surface area contributed by atoms with Crippen LogP contribution in [0.1, 0.15) is 21.5 Å². The van der Waals surface area contributed by atoms with Gasteiger partial charge in [0, 0.05) is 21.9 Å². The SMILES string of the molecule is O=C(NN=Cc1ccc(Cl)cc1Cl)c1ccc(CSc2nc3ccccc3[nH]2)cc1. The van der Waals surface area contributed by atoms with Crippen LogP contribution in [0.15, 0.2) is 77.0 Å². The van der Waals surface area contributed by atoms with Gasteiger partial charge in [0.25, 0.3) is 5.91 Å². The lowest BCUT2D eigenvalue weighted by atomic mass is 10.1. The van der Waals surface area contributed by atoms with Crippen molar-refractivity contribution >= 4 is 58.1 Å². The summed E-state index contributed by atoms with van der Waals surface area (Å²) in [6, 6.07) is 20.4. The lowest BCUT2D eigenvalue weighted by molar-refractivity contribution is 0.0955. The number of amides is 1. The number of carbonyl (C=O) groups excluding carboxylic acids is 1. The average molecular weight is 455 g/mol. The van der Waals surface area contributed by atoms with Crippen LogP contribution in [-0.4, -0.2) is 22.1 Å². The quantitative estimate of drug-likeness (QED) is 0.215. The molecule has 8 heteroatoms. The third-order valence-electron chi connectivity index (χ3n) is 4.29. The van der Waals surface area contributed by atoms with E-state index < -0.39 is 0 Å². The van der Waals surface area contributed by atoms with Crippen LogP contribution in [0.25, 0.3) is 11.0 Å². The van der Waals surface area contributed by atoms with Gasteiger partial charge in [-0.2, -0.15) is 5.10 Å². The van der Waals surface area contributed by atoms with Gasteiger partial charge in [-0.15, -0.1) is 0 Å². The highest BCUT2D eigenvalue weighted by Gasteiger charge is 2.06. The molecule has 0 aliphatic rings. The minimum atomic E-state index is -0.298. The molecule has 0 aliphatic carbocycles. The van der Waals surface area contributed by atoms with Gasteiger partial charge in [0.05, 0.1) is 22.3 Å². The number of benzene rings is 3. The Morgan fingerprint density at radius 1 is 1.10 bits per heavy atom. The summed E-state index contributed by atoms with van der Waals surface area (Å²) in [6.07, 6.45) is 1.48. The molecule has 1 heterocycles. The number of para-hydroxylation sites is 2. The van der Waals surface area contributed by atoms with Gasteiger partial charge in [-0.1, -0.05) is 65.3 Å². The summed E-state index contributed by atoms with van der Waals surface area (Å²) in [7, 11) is 0. The van der Waals surface area contributed by atoms with Crippen LogP contribution in [0.3, 0.4) is 0 Å². The van der Waals surface area contributed by atoms with Crippen molar-refractivity contribution in [1.82, 2.24) is 15.4 Å². The Bertz CT molecular complexity index is 1190. The van der Waals surface area contributed by atoms with Crippen molar-refractivity contribution in [2.75, 3.05) is 0 Å². The molecule has 4 rings (SSSR count). The van der Waals surface area contributed by atoms with Crippen LogP contribution in [0.4, 0.5) is 0 Å². The summed E-state index contributed by atoms with van der Waals surface area (Å²) in [5.74, 6) is 0.447. The molecule has 0 radical (unpaired) electrons. The normalized spacial score (nSPS) is 11.3. The maximum Gasteiger partial charge on any atom is 0.271 e. The molecule has 0 unspecified atom stereocenters. The van der Waals surface area contributed by atoms with E-state index in [-0.39, 0.29) is 5.91 Å². The zero-order valence-electron chi connectivity index (χ0n) is 15.6. The number of hydrogen-bond acceptors (Lipinski definition) is 4. The number of thioether (sulfide) groups is 1. The number of nitrogens with one attached hydrogen (secondary N) is 2. The van der Waals surface area contributed by atoms with Gasteiger partial charge in [-0.3, -0.25) is 4.79 Å². The monoisotopic (exact) mass is 454 g/mol. The first kappa shape index (κ1) is 20.5. The Labute approximate surface area is 187 Å². The molecule has 3 aromatic carbocycles. The predicted octanol–water partition coefficient (Wildman–Crippen LogP) is 5.93. The molecule has 30 heavy (non-hydrogen) atoms. The van der Waals surface area contributed by atoms with E-state index in [4.69, 9.17) is 23.2 Å². The summed E-state index contributed by atoms with van der Waals surface area (Å²) in [5, 5.41) is 5.83. The summed E-state index contributed by atoms with van der Waals surface area (Å²) in [5.41, 5.74) is 6.75. The summed E-state index contributed by atoms with van der Waals surface area (Å²) >= 11 is 13.6. The number of aromatic amines is 1. The van der Waals surface area contributed by atoms with Crippen molar-refractivity contribution in [3.8, 4) is 0 Å². The van der Waals surface area contributed by atoms with Crippen LogP contribution in [0.2, 0.25) is 10.0 Å². The van der Waals surface area contributed by atoms with E-state index in [1.807, 2.05) is 36.4 Å². The second-order valence-corrected chi connectivity index (χ2v) is 8.22. The average Bonchev–Trinajstić information content (AvgIpc) is 3.17. The highest BCUT2D eigenvalue weighted by molar-refractivity contribution is 7.98. The minimum Gasteiger partial charge on any atom is -0.333 e. The first-order valence-electron chi connectivity index (χ1n) is 9.03. The number of nitrogens with zero attached hydrogens (tertiary/aromatic N) is 2. The number of aromatic nitrogens is 2. The van der Waals surface area contributed by atoms with Crippen molar-refractivity contribution in [3.63, 3.8) is 0 Å². The summed E-state index contributed by atoms with van der Waals surface area (Å²) < 4.78 is 0. The second kappa shape index (κ2) is 9.34. The lowest BCUT2D eigenvalue weighted by Gasteiger charge is -2.03. The molecule has 0 spiro atoms. The van der Waals surface area contributed by atoms with Gasteiger partial charge in [0.15, 0.2) is 5.16 Å². The Hall–Kier alpha value is -2.80. The van der Waals surface area contributed by atoms with Crippen LogP contribution in [0.5, 0.6) is 0 Å². The van der Waals surface area contributed by atoms with Crippen LogP contribution >= 0.6 is 35.0 Å². The number of H-pyrrole nitrogens is 1. The zero-order valence-corrected chi connectivity index (χ0v) is 17.9. The third-order valence-corrected chi connectivity index (χ3v) is 5.80. The third kappa shape index (κ3) is 5.02. The fourth-order valence-corrected chi connectivity index (χ4v) is 4.03. The van der Waals surface area contributed by atoms with E-state index in [2.05, 4.69) is 20.5 Å². The number of hydrazone groups is 1. The molecule has 5 nitrogen and oxygen atoms in total. The largest absolute Gasteiger partial charge is 0.333 e. The van der Waals surface area contributed by atoms with Gasteiger partial charge in [-0.05, 0) is 42.0 Å². The van der Waals surface area contributed by atoms with E-state index >= 15 is 0 Å². The Morgan fingerprint density at radius 2 is 1.90 bits per heavy atom. The van der Waals surface area contributed by atoms with Crippen molar-refractivity contribution < 1.29 is 4.79 Å². The molecule has 0 bridgehead atoms. The first-order chi connectivity index (χ1) is 14.6. The van der Waals surface area contributed by atoms with Gasteiger partial charge >= 0.3 is 0 Å². The summed E-state index contributed by atoms with van der Waals surface area (Å²) in [6.45, 7) is 0. The Morgan fingerprint density at radius 3 is 2.67 bits per heavy atom. The second-order valence-electron chi connectivity index (χ2n) is 6.41. The van der Waals surface area contributed by atoms with E-state index in [1.165, 1.54) is 6.21 Å². The smallest absolute Gasteiger partial charge is 0.271 e. The molecular formula is C22H16Cl2N4OS. The van der Waals surface area contributed by atoms with Crippen molar-refractivity contribution in [3.05, 3.63) is 93.5 Å². The van der Waals surface area contributed by atoms with E-state index in [1.54, 1.807) is 42.1 Å². The first-order valence-corrected chi connectivity index (χ1v) is 10.8. The van der Waals surface area contributed by atoms with Crippen molar-refractivity contribution in [2.45, 2.75) is 10.9 Å². The van der Waals surface area contributed by atoms with Gasteiger partial charge in [0.1, 0.15) is 0 Å². The molecule has 0 saturated carbocycles. The number of hydrogen-bond donors (Lipinski definition) is 2. The molecule has 150 valence electrons. The lowest BCUT2D eigenvalue weighted by Crippen LogP contribution is -2.17. The van der Waals surface area contributed by atoms with Crippen molar-refractivity contribution in [2.24, 2.45) is 5.10 Å². The zero-order chi connectivity index (χ0) is 20.9. The van der Waals surface area contributed by atoms with Gasteiger partial charge in [0.2, 0.25) is 0 Å². The maximum absolute atomic E-state index is 12.3. The molecule has 0 fully saturated rings. The standard InChI is InChI=1S/C22H16Cl2N4OS/c23-17-10-9-16(18(24)11-17)12-25-28-21(29)15-7-5-14(6-8-15)13-30-22-26-19-3-1-2-4-20(19)27-22/h1-12H,13H2,(H,26,27)(H,28,29). The number of halogens is 2. The van der Waals surface area contributed by atoms with Crippen LogP contribution in [0, 0.1) is 0 Å². The minimum absolute atomic E-state index is 0.298. The van der Waals surface area contributed by atoms with E-state index in [9.17, 15) is 4.79 Å². The molecule has 0 aliphatic heterocycles. The molecule has 2 N–H and O–H groups in total. The van der Waals surface area contributed by atoms with Gasteiger partial charge < -0.3 is 4.98 Å². The van der Waals surface area contributed by atoms with E-state index in [0.29, 0.717) is 21.2 Å². The van der Waals surface area contributed by atoms with Crippen molar-refractivity contribution in [1.29, 1.82) is 0 Å². The Kier molecular flexibility index (Phi) is 6.38. The highest BCUT2D eigenvalue weighted by atomic mass is 35.5. The molecule has 0 atom stereocenters. The molecule has 1 amide bonds. The Balaban J connectivity index is 1.33. The predicted molar refractivity (Wildman–Crippen MR) is 124 cm³/mol. The molecule has 0 saturated heterocycles. The van der Waals surface area contributed by atoms with Crippen LogP contribution in [-0.2, 0) is 5.75 Å². The number of rotatable bonds is 6. The highest BCUT2D eigenvalue weighted by Crippen LogP contribution is 2.23. The fourth-order valence-electron chi connectivity index (χ4n) is 2.73. The topological polar surface area (TPSA) is 70.1 Å².